The minimum absolute atomic E-state index is 0.00633. The van der Waals surface area contributed by atoms with Gasteiger partial charge in [-0.2, -0.15) is 0 Å². The third-order valence-corrected chi connectivity index (χ3v) is 5.06. The number of hydrogen-bond donors (Lipinski definition) is 2. The van der Waals surface area contributed by atoms with Crippen molar-refractivity contribution in [3.8, 4) is 5.75 Å². The summed E-state index contributed by atoms with van der Waals surface area (Å²) in [6, 6.07) is 14.1. The molecule has 2 amide bonds. The van der Waals surface area contributed by atoms with Gasteiger partial charge in [-0.25, -0.2) is 0 Å². The van der Waals surface area contributed by atoms with Gasteiger partial charge in [-0.3, -0.25) is 9.59 Å². The van der Waals surface area contributed by atoms with E-state index in [1.165, 1.54) is 7.11 Å². The number of ether oxygens (including phenoxy) is 1. The molecule has 2 aromatic rings. The maximum atomic E-state index is 13.2. The average molecular weight is 419 g/mol. The van der Waals surface area contributed by atoms with Gasteiger partial charge in [0.15, 0.2) is 12.6 Å². The molecule has 2 rings (SSSR count). The van der Waals surface area contributed by atoms with E-state index in [0.29, 0.717) is 29.5 Å². The highest BCUT2D eigenvalue weighted by molar-refractivity contribution is 6.31. The lowest BCUT2D eigenvalue weighted by molar-refractivity contribution is -0.894. The summed E-state index contributed by atoms with van der Waals surface area (Å²) < 4.78 is 5.28. The molecular weight excluding hydrogens is 390 g/mol. The number of methoxy groups -OCH3 is 1. The van der Waals surface area contributed by atoms with E-state index < -0.39 is 6.04 Å². The number of carbonyl (C=O) groups excluding carboxylic acids is 2. The van der Waals surface area contributed by atoms with Crippen molar-refractivity contribution in [3.05, 3.63) is 59.1 Å². The normalized spacial score (nSPS) is 12.7. The van der Waals surface area contributed by atoms with Gasteiger partial charge in [0.1, 0.15) is 5.75 Å². The molecule has 0 aliphatic heterocycles. The maximum Gasteiger partial charge on any atom is 0.285 e. The molecule has 156 valence electrons. The van der Waals surface area contributed by atoms with Crippen LogP contribution < -0.4 is 15.0 Å². The Morgan fingerprint density at radius 2 is 1.79 bits per heavy atom. The second kappa shape index (κ2) is 10.8. The zero-order valence-corrected chi connectivity index (χ0v) is 18.1. The molecule has 0 radical (unpaired) electrons. The van der Waals surface area contributed by atoms with Gasteiger partial charge in [0.25, 0.3) is 11.8 Å². The van der Waals surface area contributed by atoms with Gasteiger partial charge in [0.05, 0.1) is 19.8 Å². The molecule has 0 saturated heterocycles. The lowest BCUT2D eigenvalue weighted by Crippen LogP contribution is -3.11. The number of nitrogens with one attached hydrogen (secondary N) is 2. The van der Waals surface area contributed by atoms with Crippen LogP contribution in [0.3, 0.4) is 0 Å². The van der Waals surface area contributed by atoms with Crippen molar-refractivity contribution in [3.63, 3.8) is 0 Å². The molecule has 0 aliphatic carbocycles. The van der Waals surface area contributed by atoms with Gasteiger partial charge < -0.3 is 19.9 Å². The van der Waals surface area contributed by atoms with Crippen LogP contribution in [0.2, 0.25) is 5.02 Å². The predicted molar refractivity (Wildman–Crippen MR) is 115 cm³/mol. The molecule has 0 bridgehead atoms. The number of likely N-dealkylation sites (N-methyl/N-ethyl adjacent to an activating group) is 2. The van der Waals surface area contributed by atoms with Crippen LogP contribution >= 0.6 is 11.6 Å². The second-order valence-electron chi connectivity index (χ2n) is 6.77. The van der Waals surface area contributed by atoms with E-state index in [4.69, 9.17) is 16.3 Å². The fraction of sp³-hybridized carbons (Fsp3) is 0.364. The second-order valence-corrected chi connectivity index (χ2v) is 7.21. The fourth-order valence-corrected chi connectivity index (χ4v) is 3.50. The zero-order valence-electron chi connectivity index (χ0n) is 17.4. The summed E-state index contributed by atoms with van der Waals surface area (Å²) in [6.07, 6.45) is 0. The van der Waals surface area contributed by atoms with Crippen LogP contribution in [0.1, 0.15) is 25.5 Å². The number of hydrogen-bond acceptors (Lipinski definition) is 3. The van der Waals surface area contributed by atoms with Crippen molar-refractivity contribution in [1.29, 1.82) is 0 Å². The van der Waals surface area contributed by atoms with Crippen molar-refractivity contribution >= 4 is 29.1 Å². The number of benzene rings is 2. The van der Waals surface area contributed by atoms with Gasteiger partial charge in [0, 0.05) is 23.7 Å². The first-order chi connectivity index (χ1) is 13.9. The van der Waals surface area contributed by atoms with Crippen LogP contribution in [0.4, 0.5) is 5.69 Å². The van der Waals surface area contributed by atoms with Gasteiger partial charge in [0.2, 0.25) is 0 Å². The summed E-state index contributed by atoms with van der Waals surface area (Å²) in [6.45, 7) is 5.27. The van der Waals surface area contributed by atoms with E-state index in [-0.39, 0.29) is 18.4 Å². The van der Waals surface area contributed by atoms with Gasteiger partial charge in [-0.15, -0.1) is 0 Å². The summed E-state index contributed by atoms with van der Waals surface area (Å²) in [7, 11) is 3.39. The number of amides is 2. The number of anilines is 1. The highest BCUT2D eigenvalue weighted by Crippen LogP contribution is 2.27. The van der Waals surface area contributed by atoms with Crippen LogP contribution in [-0.2, 0) is 9.59 Å². The van der Waals surface area contributed by atoms with Gasteiger partial charge in [-0.05, 0) is 32.0 Å². The largest absolute Gasteiger partial charge is 0.495 e. The molecule has 0 aliphatic rings. The Balaban J connectivity index is 2.21. The van der Waals surface area contributed by atoms with Crippen molar-refractivity contribution in [2.75, 3.05) is 39.1 Å². The standard InChI is InChI=1S/C22H28ClN3O3/c1-5-26(6-2)22(28)21(16-10-8-7-9-11-16)25(3)15-20(27)24-18-14-17(23)12-13-19(18)29-4/h7-14,21H,5-6,15H2,1-4H3,(H,24,27)/p+1/t21-/m0/s1. The fourth-order valence-electron chi connectivity index (χ4n) is 3.33. The number of halogens is 1. The lowest BCUT2D eigenvalue weighted by atomic mass is 10.0. The Bertz CT molecular complexity index is 825. The third kappa shape index (κ3) is 5.95. The molecular formula is C22H29ClN3O3+. The first-order valence-corrected chi connectivity index (χ1v) is 10.1. The molecule has 6 nitrogen and oxygen atoms in total. The summed E-state index contributed by atoms with van der Waals surface area (Å²) >= 11 is 6.04. The van der Waals surface area contributed by atoms with E-state index in [2.05, 4.69) is 5.32 Å². The van der Waals surface area contributed by atoms with Gasteiger partial charge in [-0.1, -0.05) is 41.9 Å². The van der Waals surface area contributed by atoms with E-state index in [1.807, 2.05) is 51.2 Å². The summed E-state index contributed by atoms with van der Waals surface area (Å²) in [5.41, 5.74) is 1.39. The number of rotatable bonds is 9. The predicted octanol–water partition coefficient (Wildman–Crippen LogP) is 2.41. The summed E-state index contributed by atoms with van der Waals surface area (Å²) in [5, 5.41) is 3.34. The number of carbonyl (C=O) groups is 2. The Hall–Kier alpha value is -2.57. The minimum Gasteiger partial charge on any atom is -0.495 e. The molecule has 0 fully saturated rings. The molecule has 0 spiro atoms. The monoisotopic (exact) mass is 418 g/mol. The van der Waals surface area contributed by atoms with E-state index in [0.717, 1.165) is 10.5 Å². The minimum atomic E-state index is -0.469. The highest BCUT2D eigenvalue weighted by atomic mass is 35.5. The Morgan fingerprint density at radius 1 is 1.14 bits per heavy atom. The highest BCUT2D eigenvalue weighted by Gasteiger charge is 2.33. The molecule has 2 atom stereocenters. The van der Waals surface area contributed by atoms with E-state index >= 15 is 0 Å². The van der Waals surface area contributed by atoms with Gasteiger partial charge >= 0.3 is 0 Å². The SMILES string of the molecule is CCN(CC)C(=O)[C@H](c1ccccc1)[NH+](C)CC(=O)Nc1cc(Cl)ccc1OC. The van der Waals surface area contributed by atoms with Crippen molar-refractivity contribution in [2.45, 2.75) is 19.9 Å². The number of nitrogens with zero attached hydrogens (tertiary/aromatic N) is 1. The van der Waals surface area contributed by atoms with Crippen LogP contribution in [0.15, 0.2) is 48.5 Å². The van der Waals surface area contributed by atoms with Crippen molar-refractivity contribution in [2.24, 2.45) is 0 Å². The van der Waals surface area contributed by atoms with Crippen molar-refractivity contribution in [1.82, 2.24) is 4.90 Å². The molecule has 2 N–H and O–H groups in total. The summed E-state index contributed by atoms with van der Waals surface area (Å²) in [4.78, 5) is 28.5. The molecule has 0 saturated carbocycles. The molecule has 29 heavy (non-hydrogen) atoms. The first kappa shape index (κ1) is 22.7. The van der Waals surface area contributed by atoms with Crippen LogP contribution in [0.25, 0.3) is 0 Å². The smallest absolute Gasteiger partial charge is 0.285 e. The molecule has 0 heterocycles. The lowest BCUT2D eigenvalue weighted by Gasteiger charge is -2.29. The average Bonchev–Trinajstić information content (AvgIpc) is 2.70. The Kier molecular flexibility index (Phi) is 8.49. The maximum absolute atomic E-state index is 13.2. The topological polar surface area (TPSA) is 63.1 Å². The molecule has 1 unspecified atom stereocenters. The number of quaternary nitrogens is 1. The third-order valence-electron chi connectivity index (χ3n) is 4.82. The van der Waals surface area contributed by atoms with Crippen LogP contribution in [0.5, 0.6) is 5.75 Å². The molecule has 2 aromatic carbocycles. The first-order valence-electron chi connectivity index (χ1n) is 9.70. The molecule has 0 aromatic heterocycles. The van der Waals surface area contributed by atoms with E-state index in [1.54, 1.807) is 23.1 Å². The zero-order chi connectivity index (χ0) is 21.4. The Labute approximate surface area is 177 Å². The summed E-state index contributed by atoms with van der Waals surface area (Å²) in [5.74, 6) is 0.308. The molecule has 7 heteroatoms. The van der Waals surface area contributed by atoms with Crippen LogP contribution in [-0.4, -0.2) is 50.5 Å². The van der Waals surface area contributed by atoms with Crippen LogP contribution in [0, 0.1) is 0 Å². The quantitative estimate of drug-likeness (QED) is 0.657. The Morgan fingerprint density at radius 3 is 2.38 bits per heavy atom. The van der Waals surface area contributed by atoms with E-state index in [9.17, 15) is 9.59 Å². The van der Waals surface area contributed by atoms with Crippen molar-refractivity contribution < 1.29 is 19.2 Å².